The standard InChI is InChI=1S/C24H23F3N2O3S/c1-14-10-16(3)22(17(4)11-14)29-33(31,32)20-9-8-15(2)21(13-20)23(30)28-19-7-5-6-18(12-19)24(25,26)27/h5-13,29H,1-4H3,(H,28,30). The molecule has 0 aliphatic rings. The van der Waals surface area contributed by atoms with Crippen LogP contribution in [0.4, 0.5) is 24.5 Å². The van der Waals surface area contributed by atoms with Crippen LogP contribution in [-0.2, 0) is 16.2 Å². The highest BCUT2D eigenvalue weighted by molar-refractivity contribution is 7.92. The Bertz CT molecular complexity index is 1310. The molecule has 3 aromatic rings. The zero-order chi connectivity index (χ0) is 24.6. The summed E-state index contributed by atoms with van der Waals surface area (Å²) in [6.45, 7) is 7.11. The van der Waals surface area contributed by atoms with Gasteiger partial charge in [-0.2, -0.15) is 13.2 Å². The molecule has 0 heterocycles. The third-order valence-electron chi connectivity index (χ3n) is 5.13. The Hall–Kier alpha value is -3.33. The summed E-state index contributed by atoms with van der Waals surface area (Å²) in [6.07, 6.45) is -4.55. The van der Waals surface area contributed by atoms with Gasteiger partial charge >= 0.3 is 6.18 Å². The van der Waals surface area contributed by atoms with Crippen LogP contribution in [0.15, 0.2) is 59.5 Å². The number of anilines is 2. The van der Waals surface area contributed by atoms with E-state index in [1.54, 1.807) is 20.8 Å². The van der Waals surface area contributed by atoms with Gasteiger partial charge in [0.1, 0.15) is 0 Å². The Morgan fingerprint density at radius 3 is 2.09 bits per heavy atom. The van der Waals surface area contributed by atoms with Crippen LogP contribution in [-0.4, -0.2) is 14.3 Å². The van der Waals surface area contributed by atoms with Gasteiger partial charge in [-0.25, -0.2) is 8.42 Å². The van der Waals surface area contributed by atoms with E-state index in [4.69, 9.17) is 0 Å². The summed E-state index contributed by atoms with van der Waals surface area (Å²) < 4.78 is 67.5. The van der Waals surface area contributed by atoms with E-state index >= 15 is 0 Å². The maximum atomic E-state index is 13.0. The molecule has 2 N–H and O–H groups in total. The molecule has 0 aromatic heterocycles. The third kappa shape index (κ3) is 5.54. The summed E-state index contributed by atoms with van der Waals surface area (Å²) in [4.78, 5) is 12.6. The van der Waals surface area contributed by atoms with Gasteiger partial charge in [0, 0.05) is 11.3 Å². The Balaban J connectivity index is 1.91. The third-order valence-corrected chi connectivity index (χ3v) is 6.47. The van der Waals surface area contributed by atoms with E-state index in [0.717, 1.165) is 28.8 Å². The van der Waals surface area contributed by atoms with Gasteiger partial charge in [-0.05, 0) is 74.7 Å². The van der Waals surface area contributed by atoms with Crippen molar-refractivity contribution in [2.45, 2.75) is 38.8 Å². The molecule has 0 saturated carbocycles. The number of hydrogen-bond donors (Lipinski definition) is 2. The van der Waals surface area contributed by atoms with Gasteiger partial charge in [0.25, 0.3) is 15.9 Å². The van der Waals surface area contributed by atoms with Crippen molar-refractivity contribution < 1.29 is 26.4 Å². The predicted molar refractivity (Wildman–Crippen MR) is 122 cm³/mol. The first-order chi connectivity index (χ1) is 15.3. The van der Waals surface area contributed by atoms with Crippen LogP contribution in [0.3, 0.4) is 0 Å². The molecule has 3 rings (SSSR count). The topological polar surface area (TPSA) is 75.3 Å². The molecule has 3 aromatic carbocycles. The number of amides is 1. The average molecular weight is 477 g/mol. The maximum Gasteiger partial charge on any atom is 0.416 e. The minimum atomic E-state index is -4.55. The molecule has 0 saturated heterocycles. The molecular weight excluding hydrogens is 453 g/mol. The molecule has 33 heavy (non-hydrogen) atoms. The Labute approximate surface area is 190 Å². The number of hydrogen-bond acceptors (Lipinski definition) is 3. The Kier molecular flexibility index (Phi) is 6.56. The normalized spacial score (nSPS) is 11.8. The lowest BCUT2D eigenvalue weighted by molar-refractivity contribution is -0.137. The number of carbonyl (C=O) groups is 1. The van der Waals surface area contributed by atoms with E-state index in [-0.39, 0.29) is 16.1 Å². The fourth-order valence-corrected chi connectivity index (χ4v) is 4.75. The first-order valence-corrected chi connectivity index (χ1v) is 11.5. The average Bonchev–Trinajstić information content (AvgIpc) is 2.70. The van der Waals surface area contributed by atoms with Crippen molar-refractivity contribution in [2.75, 3.05) is 10.0 Å². The van der Waals surface area contributed by atoms with Crippen molar-refractivity contribution in [1.29, 1.82) is 0 Å². The minimum absolute atomic E-state index is 0.0348. The van der Waals surface area contributed by atoms with Gasteiger partial charge in [0.2, 0.25) is 0 Å². The quantitative estimate of drug-likeness (QED) is 0.475. The van der Waals surface area contributed by atoms with Crippen LogP contribution in [0, 0.1) is 27.7 Å². The van der Waals surface area contributed by atoms with Crippen molar-refractivity contribution in [2.24, 2.45) is 0 Å². The lowest BCUT2D eigenvalue weighted by atomic mass is 10.1. The Morgan fingerprint density at radius 2 is 1.48 bits per heavy atom. The van der Waals surface area contributed by atoms with Crippen molar-refractivity contribution in [3.63, 3.8) is 0 Å². The first kappa shape index (κ1) is 24.3. The first-order valence-electron chi connectivity index (χ1n) is 9.98. The van der Waals surface area contributed by atoms with E-state index in [0.29, 0.717) is 11.3 Å². The summed E-state index contributed by atoms with van der Waals surface area (Å²) in [5, 5.41) is 2.41. The summed E-state index contributed by atoms with van der Waals surface area (Å²) in [6, 6.07) is 12.0. The minimum Gasteiger partial charge on any atom is -0.322 e. The van der Waals surface area contributed by atoms with E-state index < -0.39 is 27.7 Å². The van der Waals surface area contributed by atoms with E-state index in [1.165, 1.54) is 30.3 Å². The summed E-state index contributed by atoms with van der Waals surface area (Å²) in [5.74, 6) is -0.716. The molecule has 0 aliphatic carbocycles. The Morgan fingerprint density at radius 1 is 0.848 bits per heavy atom. The van der Waals surface area contributed by atoms with Crippen LogP contribution in [0.5, 0.6) is 0 Å². The SMILES string of the molecule is Cc1cc(C)c(NS(=O)(=O)c2ccc(C)c(C(=O)Nc3cccc(C(F)(F)F)c3)c2)c(C)c1. The lowest BCUT2D eigenvalue weighted by Gasteiger charge is -2.16. The number of carbonyl (C=O) groups excluding carboxylic acids is 1. The van der Waals surface area contributed by atoms with Gasteiger partial charge in [-0.15, -0.1) is 0 Å². The van der Waals surface area contributed by atoms with Crippen molar-refractivity contribution >= 4 is 27.3 Å². The number of alkyl halides is 3. The molecule has 0 atom stereocenters. The second-order valence-electron chi connectivity index (χ2n) is 7.89. The number of halogens is 3. The molecule has 174 valence electrons. The summed E-state index contributed by atoms with van der Waals surface area (Å²) in [7, 11) is -4.02. The van der Waals surface area contributed by atoms with Crippen LogP contribution in [0.1, 0.15) is 38.2 Å². The van der Waals surface area contributed by atoms with Gasteiger partial charge in [-0.3, -0.25) is 9.52 Å². The van der Waals surface area contributed by atoms with Crippen LogP contribution in [0.25, 0.3) is 0 Å². The summed E-state index contributed by atoms with van der Waals surface area (Å²) in [5.41, 5.74) is 2.52. The van der Waals surface area contributed by atoms with Gasteiger partial charge in [0.05, 0.1) is 16.1 Å². The lowest BCUT2D eigenvalue weighted by Crippen LogP contribution is -2.18. The highest BCUT2D eigenvalue weighted by Gasteiger charge is 2.30. The molecule has 0 fully saturated rings. The van der Waals surface area contributed by atoms with E-state index in [2.05, 4.69) is 10.0 Å². The second-order valence-corrected chi connectivity index (χ2v) is 9.57. The van der Waals surface area contributed by atoms with Crippen LogP contribution in [0.2, 0.25) is 0 Å². The van der Waals surface area contributed by atoms with Gasteiger partial charge < -0.3 is 5.32 Å². The largest absolute Gasteiger partial charge is 0.416 e. The molecule has 0 unspecified atom stereocenters. The monoisotopic (exact) mass is 476 g/mol. The zero-order valence-electron chi connectivity index (χ0n) is 18.5. The van der Waals surface area contributed by atoms with Crippen molar-refractivity contribution in [3.8, 4) is 0 Å². The fraction of sp³-hybridized carbons (Fsp3) is 0.208. The van der Waals surface area contributed by atoms with E-state index in [1.807, 2.05) is 19.1 Å². The molecule has 0 aliphatic heterocycles. The number of nitrogens with one attached hydrogen (secondary N) is 2. The molecule has 5 nitrogen and oxygen atoms in total. The highest BCUT2D eigenvalue weighted by Crippen LogP contribution is 2.31. The smallest absolute Gasteiger partial charge is 0.322 e. The van der Waals surface area contributed by atoms with Crippen molar-refractivity contribution in [3.05, 3.63) is 88.0 Å². The predicted octanol–water partition coefficient (Wildman–Crippen LogP) is 5.99. The molecule has 1 amide bonds. The summed E-state index contributed by atoms with van der Waals surface area (Å²) >= 11 is 0. The highest BCUT2D eigenvalue weighted by atomic mass is 32.2. The van der Waals surface area contributed by atoms with Crippen molar-refractivity contribution in [1.82, 2.24) is 0 Å². The van der Waals surface area contributed by atoms with Gasteiger partial charge in [0.15, 0.2) is 0 Å². The fourth-order valence-electron chi connectivity index (χ4n) is 3.52. The maximum absolute atomic E-state index is 13.0. The van der Waals surface area contributed by atoms with Crippen LogP contribution < -0.4 is 10.0 Å². The number of benzene rings is 3. The second kappa shape index (κ2) is 8.90. The molecule has 0 bridgehead atoms. The molecule has 0 radical (unpaired) electrons. The number of aryl methyl sites for hydroxylation is 4. The van der Waals surface area contributed by atoms with E-state index in [9.17, 15) is 26.4 Å². The molecule has 0 spiro atoms. The van der Waals surface area contributed by atoms with Crippen LogP contribution >= 0.6 is 0 Å². The van der Waals surface area contributed by atoms with Gasteiger partial charge in [-0.1, -0.05) is 29.8 Å². The molecular formula is C24H23F3N2O3S. The molecule has 9 heteroatoms. The zero-order valence-corrected chi connectivity index (χ0v) is 19.3. The number of sulfonamides is 1. The number of rotatable bonds is 5.